The van der Waals surface area contributed by atoms with Crippen LogP contribution in [0, 0.1) is 0 Å². The molecular weight excluding hydrogens is 260 g/mol. The minimum Gasteiger partial charge on any atom is -0.318 e. The first kappa shape index (κ1) is 12.2. The lowest BCUT2D eigenvalue weighted by Gasteiger charge is -2.45. The number of halogens is 1. The van der Waals surface area contributed by atoms with Crippen LogP contribution in [-0.2, 0) is 4.79 Å². The van der Waals surface area contributed by atoms with E-state index in [0.29, 0.717) is 5.02 Å². The summed E-state index contributed by atoms with van der Waals surface area (Å²) in [5, 5.41) is 0.675. The number of anilines is 1. The molecule has 1 heterocycles. The Bertz CT molecular complexity index is 597. The molecule has 1 saturated heterocycles. The van der Waals surface area contributed by atoms with Crippen LogP contribution in [0.25, 0.3) is 0 Å². The molecule has 0 spiro atoms. The summed E-state index contributed by atoms with van der Waals surface area (Å²) in [4.78, 5) is 13.7. The highest BCUT2D eigenvalue weighted by Crippen LogP contribution is 2.38. The zero-order chi connectivity index (χ0) is 13.4. The molecule has 96 valence electrons. The first-order valence-corrected chi connectivity index (χ1v) is 6.45. The monoisotopic (exact) mass is 272 g/mol. The third-order valence-corrected chi connectivity index (χ3v) is 3.64. The second-order valence-corrected chi connectivity index (χ2v) is 5.00. The number of hydrogen-bond donors (Lipinski definition) is 1. The van der Waals surface area contributed by atoms with Crippen LogP contribution in [0.4, 0.5) is 5.69 Å². The van der Waals surface area contributed by atoms with Crippen molar-refractivity contribution in [3.05, 3.63) is 65.2 Å². The summed E-state index contributed by atoms with van der Waals surface area (Å²) in [6.45, 7) is 0. The van der Waals surface area contributed by atoms with Crippen molar-refractivity contribution in [3.63, 3.8) is 0 Å². The molecule has 0 aliphatic carbocycles. The maximum Gasteiger partial charge on any atom is 0.247 e. The van der Waals surface area contributed by atoms with Gasteiger partial charge >= 0.3 is 0 Å². The van der Waals surface area contributed by atoms with Crippen LogP contribution in [-0.4, -0.2) is 11.9 Å². The highest BCUT2D eigenvalue weighted by atomic mass is 35.5. The number of nitrogens with zero attached hydrogens (tertiary/aromatic N) is 1. The van der Waals surface area contributed by atoms with Crippen LogP contribution in [0.5, 0.6) is 0 Å². The minimum atomic E-state index is -0.485. The fourth-order valence-electron chi connectivity index (χ4n) is 2.40. The fraction of sp³-hybridized carbons (Fsp3) is 0.133. The Balaban J connectivity index is 1.96. The van der Waals surface area contributed by atoms with E-state index in [1.807, 2.05) is 54.6 Å². The van der Waals surface area contributed by atoms with E-state index >= 15 is 0 Å². The summed E-state index contributed by atoms with van der Waals surface area (Å²) < 4.78 is 0. The van der Waals surface area contributed by atoms with E-state index in [0.717, 1.165) is 11.3 Å². The van der Waals surface area contributed by atoms with E-state index < -0.39 is 6.04 Å². The molecule has 1 amide bonds. The van der Waals surface area contributed by atoms with Gasteiger partial charge in [-0.3, -0.25) is 4.79 Å². The Hall–Kier alpha value is -1.84. The van der Waals surface area contributed by atoms with Crippen LogP contribution in [0.1, 0.15) is 11.6 Å². The molecular formula is C15H13ClN2O. The van der Waals surface area contributed by atoms with Gasteiger partial charge in [0.25, 0.3) is 0 Å². The van der Waals surface area contributed by atoms with Crippen LogP contribution in [0.3, 0.4) is 0 Å². The third-order valence-electron chi connectivity index (χ3n) is 3.39. The molecule has 0 bridgehead atoms. The second kappa shape index (κ2) is 4.68. The average molecular weight is 273 g/mol. The van der Waals surface area contributed by atoms with Gasteiger partial charge in [-0.2, -0.15) is 0 Å². The average Bonchev–Trinajstić information content (AvgIpc) is 2.46. The number of para-hydroxylation sites is 1. The quantitative estimate of drug-likeness (QED) is 0.855. The number of rotatable bonds is 2. The largest absolute Gasteiger partial charge is 0.318 e. The van der Waals surface area contributed by atoms with E-state index in [1.54, 1.807) is 4.90 Å². The van der Waals surface area contributed by atoms with Gasteiger partial charge in [-0.25, -0.2) is 0 Å². The number of carbonyl (C=O) groups excluding carboxylic acids is 1. The Kier molecular flexibility index (Phi) is 3.01. The lowest BCUT2D eigenvalue weighted by atomic mass is 9.88. The van der Waals surface area contributed by atoms with Crippen molar-refractivity contribution in [1.29, 1.82) is 0 Å². The predicted molar refractivity (Wildman–Crippen MR) is 76.1 cm³/mol. The van der Waals surface area contributed by atoms with Crippen LogP contribution < -0.4 is 10.6 Å². The molecule has 0 unspecified atom stereocenters. The van der Waals surface area contributed by atoms with E-state index in [9.17, 15) is 4.79 Å². The molecule has 3 nitrogen and oxygen atoms in total. The molecule has 4 heteroatoms. The van der Waals surface area contributed by atoms with Crippen molar-refractivity contribution < 1.29 is 4.79 Å². The predicted octanol–water partition coefficient (Wildman–Crippen LogP) is 2.76. The summed E-state index contributed by atoms with van der Waals surface area (Å²) in [5.41, 5.74) is 7.81. The molecule has 3 rings (SSSR count). The lowest BCUT2D eigenvalue weighted by molar-refractivity contribution is -0.126. The van der Waals surface area contributed by atoms with Crippen LogP contribution in [0.15, 0.2) is 54.6 Å². The maximum atomic E-state index is 12.0. The van der Waals surface area contributed by atoms with Gasteiger partial charge in [0.1, 0.15) is 6.04 Å². The molecule has 1 aliphatic rings. The normalized spacial score (nSPS) is 22.2. The minimum absolute atomic E-state index is 0.0499. The summed E-state index contributed by atoms with van der Waals surface area (Å²) in [5.74, 6) is -0.0499. The Morgan fingerprint density at radius 2 is 1.63 bits per heavy atom. The highest BCUT2D eigenvalue weighted by Gasteiger charge is 2.46. The smallest absolute Gasteiger partial charge is 0.247 e. The summed E-state index contributed by atoms with van der Waals surface area (Å²) in [6.07, 6.45) is 0. The zero-order valence-electron chi connectivity index (χ0n) is 10.2. The van der Waals surface area contributed by atoms with Crippen LogP contribution in [0.2, 0.25) is 5.02 Å². The SMILES string of the molecule is N[C@@H]1C(=O)N(c2ccccc2)[C@H]1c1ccc(Cl)cc1. The van der Waals surface area contributed by atoms with Gasteiger partial charge in [0.05, 0.1) is 6.04 Å². The number of nitrogens with two attached hydrogens (primary N) is 1. The van der Waals surface area contributed by atoms with Gasteiger partial charge in [0.2, 0.25) is 5.91 Å². The van der Waals surface area contributed by atoms with Crippen molar-refractivity contribution in [1.82, 2.24) is 0 Å². The number of carbonyl (C=O) groups is 1. The zero-order valence-corrected chi connectivity index (χ0v) is 10.9. The Morgan fingerprint density at radius 1 is 1.00 bits per heavy atom. The molecule has 0 aromatic heterocycles. The topological polar surface area (TPSA) is 46.3 Å². The molecule has 1 aliphatic heterocycles. The number of benzene rings is 2. The van der Waals surface area contributed by atoms with Gasteiger partial charge in [0, 0.05) is 10.7 Å². The molecule has 0 saturated carbocycles. The first-order chi connectivity index (χ1) is 9.18. The lowest BCUT2D eigenvalue weighted by Crippen LogP contribution is -2.63. The second-order valence-electron chi connectivity index (χ2n) is 4.57. The molecule has 2 aromatic rings. The Labute approximate surface area is 116 Å². The van der Waals surface area contributed by atoms with Gasteiger partial charge in [-0.15, -0.1) is 0 Å². The molecule has 2 atom stereocenters. The van der Waals surface area contributed by atoms with Crippen LogP contribution >= 0.6 is 11.6 Å². The molecule has 19 heavy (non-hydrogen) atoms. The molecule has 2 aromatic carbocycles. The summed E-state index contributed by atoms with van der Waals surface area (Å²) >= 11 is 5.88. The molecule has 2 N–H and O–H groups in total. The van der Waals surface area contributed by atoms with Gasteiger partial charge in [0.15, 0.2) is 0 Å². The molecule has 1 fully saturated rings. The van der Waals surface area contributed by atoms with Crippen molar-refractivity contribution in [2.75, 3.05) is 4.90 Å². The number of β-lactam (4-membered cyclic amide) rings is 1. The van der Waals surface area contributed by atoms with Crippen molar-refractivity contribution in [2.45, 2.75) is 12.1 Å². The van der Waals surface area contributed by atoms with Gasteiger partial charge in [-0.05, 0) is 29.8 Å². The van der Waals surface area contributed by atoms with E-state index in [1.165, 1.54) is 0 Å². The third kappa shape index (κ3) is 2.01. The van der Waals surface area contributed by atoms with Gasteiger partial charge < -0.3 is 10.6 Å². The highest BCUT2D eigenvalue weighted by molar-refractivity contribution is 6.30. The first-order valence-electron chi connectivity index (χ1n) is 6.07. The van der Waals surface area contributed by atoms with Crippen molar-refractivity contribution in [2.24, 2.45) is 5.73 Å². The van der Waals surface area contributed by atoms with E-state index in [4.69, 9.17) is 17.3 Å². The number of amides is 1. The standard InChI is InChI=1S/C15H13ClN2O/c16-11-8-6-10(7-9-11)14-13(17)15(19)18(14)12-4-2-1-3-5-12/h1-9,13-14H,17H2/t13-,14-/m0/s1. The molecule has 0 radical (unpaired) electrons. The van der Waals surface area contributed by atoms with Gasteiger partial charge in [-0.1, -0.05) is 41.9 Å². The maximum absolute atomic E-state index is 12.0. The fourth-order valence-corrected chi connectivity index (χ4v) is 2.53. The number of hydrogen-bond acceptors (Lipinski definition) is 2. The van der Waals surface area contributed by atoms with Crippen molar-refractivity contribution >= 4 is 23.2 Å². The Morgan fingerprint density at radius 3 is 2.26 bits per heavy atom. The van der Waals surface area contributed by atoms with E-state index in [-0.39, 0.29) is 11.9 Å². The van der Waals surface area contributed by atoms with E-state index in [2.05, 4.69) is 0 Å². The summed E-state index contributed by atoms with van der Waals surface area (Å²) in [6, 6.07) is 16.4. The summed E-state index contributed by atoms with van der Waals surface area (Å²) in [7, 11) is 0. The van der Waals surface area contributed by atoms with Crippen molar-refractivity contribution in [3.8, 4) is 0 Å².